The van der Waals surface area contributed by atoms with Crippen LogP contribution >= 0.6 is 0 Å². The second-order valence-corrected chi connectivity index (χ2v) is 9.50. The minimum Gasteiger partial charge on any atom is -0.493 e. The van der Waals surface area contributed by atoms with Crippen LogP contribution < -0.4 is 14.8 Å². The molecule has 11 heteroatoms. The molecule has 0 saturated heterocycles. The zero-order valence-electron chi connectivity index (χ0n) is 20.1. The number of hydrogen-bond donors (Lipinski definition) is 1. The van der Waals surface area contributed by atoms with Gasteiger partial charge in [0, 0.05) is 17.7 Å². The van der Waals surface area contributed by atoms with E-state index in [0.29, 0.717) is 0 Å². The molecular formula is C25H25F3N2O6. The highest BCUT2D eigenvalue weighted by Crippen LogP contribution is 2.52. The first-order valence-corrected chi connectivity index (χ1v) is 11.1. The molecule has 2 aliphatic rings. The van der Waals surface area contributed by atoms with Crippen LogP contribution in [0.2, 0.25) is 0 Å². The fraction of sp³-hybridized carbons (Fsp3) is 0.400. The lowest BCUT2D eigenvalue weighted by molar-refractivity contribution is -0.191. The summed E-state index contributed by atoms with van der Waals surface area (Å²) < 4.78 is 60.1. The molecule has 0 radical (unpaired) electrons. The van der Waals surface area contributed by atoms with Crippen LogP contribution in [0.15, 0.2) is 52.3 Å². The Morgan fingerprint density at radius 3 is 2.39 bits per heavy atom. The van der Waals surface area contributed by atoms with Gasteiger partial charge < -0.3 is 24.1 Å². The number of ketones is 1. The van der Waals surface area contributed by atoms with Crippen molar-refractivity contribution in [3.63, 3.8) is 0 Å². The Bertz CT molecular complexity index is 1250. The van der Waals surface area contributed by atoms with Crippen molar-refractivity contribution in [2.24, 2.45) is 5.41 Å². The van der Waals surface area contributed by atoms with Crippen molar-refractivity contribution < 1.29 is 41.4 Å². The lowest BCUT2D eigenvalue weighted by Gasteiger charge is -2.35. The second kappa shape index (κ2) is 8.72. The molecule has 4 rings (SSSR count). The number of amides is 2. The largest absolute Gasteiger partial charge is 0.493 e. The van der Waals surface area contributed by atoms with Gasteiger partial charge in [-0.25, -0.2) is 0 Å². The topological polar surface area (TPSA) is 98.1 Å². The Labute approximate surface area is 205 Å². The summed E-state index contributed by atoms with van der Waals surface area (Å²) in [5.74, 6) is -2.91. The summed E-state index contributed by atoms with van der Waals surface area (Å²) in [5.41, 5.74) is -5.26. The number of ether oxygens (including phenoxy) is 2. The van der Waals surface area contributed by atoms with E-state index in [1.165, 1.54) is 50.8 Å². The SMILES string of the molecule is COc1ccc(C(=O)N[C@]2(C(F)(F)F)C(=O)N(Cc3ccco3)C3=C2C(=O)CC(C)(C)C3)cc1OC. The normalized spacial score (nSPS) is 21.5. The van der Waals surface area contributed by atoms with E-state index < -0.39 is 40.3 Å². The number of furan rings is 1. The van der Waals surface area contributed by atoms with Gasteiger partial charge in [0.1, 0.15) is 5.76 Å². The zero-order chi connectivity index (χ0) is 26.5. The predicted molar refractivity (Wildman–Crippen MR) is 120 cm³/mol. The second-order valence-electron chi connectivity index (χ2n) is 9.50. The predicted octanol–water partition coefficient (Wildman–Crippen LogP) is 4.01. The maximum absolute atomic E-state index is 14.9. The molecule has 1 aromatic heterocycles. The van der Waals surface area contributed by atoms with Gasteiger partial charge in [0.25, 0.3) is 11.8 Å². The van der Waals surface area contributed by atoms with Gasteiger partial charge in [-0.3, -0.25) is 14.4 Å². The lowest BCUT2D eigenvalue weighted by atomic mass is 9.72. The van der Waals surface area contributed by atoms with E-state index in [0.717, 1.165) is 4.90 Å². The average molecular weight is 506 g/mol. The first kappa shape index (κ1) is 25.3. The third-order valence-corrected chi connectivity index (χ3v) is 6.39. The minimum absolute atomic E-state index is 0.0323. The number of benzene rings is 1. The molecule has 1 atom stereocenters. The van der Waals surface area contributed by atoms with E-state index in [1.54, 1.807) is 13.8 Å². The zero-order valence-corrected chi connectivity index (χ0v) is 20.1. The van der Waals surface area contributed by atoms with Crippen LogP contribution in [0, 0.1) is 5.41 Å². The number of carbonyl (C=O) groups excluding carboxylic acids is 3. The Balaban J connectivity index is 1.85. The van der Waals surface area contributed by atoms with E-state index in [1.807, 2.05) is 5.32 Å². The number of hydrogen-bond acceptors (Lipinski definition) is 6. The molecule has 0 spiro atoms. The number of carbonyl (C=O) groups is 3. The van der Waals surface area contributed by atoms with Crippen LogP contribution in [0.5, 0.6) is 11.5 Å². The number of nitrogens with zero attached hydrogens (tertiary/aromatic N) is 1. The van der Waals surface area contributed by atoms with Gasteiger partial charge in [-0.1, -0.05) is 13.8 Å². The summed E-state index contributed by atoms with van der Waals surface area (Å²) in [6.07, 6.45) is -4.16. The van der Waals surface area contributed by atoms with Crippen molar-refractivity contribution in [1.82, 2.24) is 10.2 Å². The Hall–Kier alpha value is -3.76. The molecule has 0 bridgehead atoms. The Kier molecular flexibility index (Phi) is 6.14. The number of alkyl halides is 3. The fourth-order valence-corrected chi connectivity index (χ4v) is 4.77. The highest BCUT2D eigenvalue weighted by Gasteiger charge is 2.71. The third kappa shape index (κ3) is 4.02. The van der Waals surface area contributed by atoms with Gasteiger partial charge in [-0.05, 0) is 42.2 Å². The third-order valence-electron chi connectivity index (χ3n) is 6.39. The average Bonchev–Trinajstić information content (AvgIpc) is 3.39. The van der Waals surface area contributed by atoms with Gasteiger partial charge in [0.15, 0.2) is 17.3 Å². The van der Waals surface area contributed by atoms with Crippen LogP contribution in [-0.4, -0.2) is 48.4 Å². The molecule has 1 N–H and O–H groups in total. The van der Waals surface area contributed by atoms with E-state index in [9.17, 15) is 27.6 Å². The van der Waals surface area contributed by atoms with Crippen molar-refractivity contribution in [2.45, 2.75) is 44.9 Å². The van der Waals surface area contributed by atoms with Crippen molar-refractivity contribution in [2.75, 3.05) is 14.2 Å². The number of allylic oxidation sites excluding steroid dienone is 1. The molecule has 2 aromatic rings. The Morgan fingerprint density at radius 1 is 1.11 bits per heavy atom. The molecule has 0 saturated carbocycles. The number of methoxy groups -OCH3 is 2. The monoisotopic (exact) mass is 506 g/mol. The summed E-state index contributed by atoms with van der Waals surface area (Å²) >= 11 is 0. The van der Waals surface area contributed by atoms with Gasteiger partial charge in [-0.15, -0.1) is 0 Å². The molecule has 36 heavy (non-hydrogen) atoms. The molecule has 192 valence electrons. The van der Waals surface area contributed by atoms with Crippen LogP contribution in [0.3, 0.4) is 0 Å². The highest BCUT2D eigenvalue weighted by molar-refractivity contribution is 6.14. The van der Waals surface area contributed by atoms with Gasteiger partial charge in [-0.2, -0.15) is 13.2 Å². The Morgan fingerprint density at radius 2 is 1.81 bits per heavy atom. The quantitative estimate of drug-likeness (QED) is 0.636. The van der Waals surface area contributed by atoms with Gasteiger partial charge in [0.05, 0.1) is 32.6 Å². The maximum Gasteiger partial charge on any atom is 0.425 e. The molecule has 1 aromatic carbocycles. The van der Waals surface area contributed by atoms with Crippen molar-refractivity contribution in [3.05, 3.63) is 59.2 Å². The molecular weight excluding hydrogens is 481 g/mol. The number of nitrogens with one attached hydrogen (secondary N) is 1. The first-order chi connectivity index (χ1) is 16.8. The first-order valence-electron chi connectivity index (χ1n) is 11.1. The van der Waals surface area contributed by atoms with Gasteiger partial charge >= 0.3 is 6.18 Å². The lowest BCUT2D eigenvalue weighted by Crippen LogP contribution is -2.66. The standard InChI is InChI=1S/C25H25F3N2O6/c1-23(2)11-16-20(17(31)12-23)24(25(26,27)28,22(33)30(16)13-15-6-5-9-36-15)29-21(32)14-7-8-18(34-3)19(10-14)35-4/h5-10H,11-13H2,1-4H3,(H,29,32)/t24-/m0/s1. The van der Waals surface area contributed by atoms with Crippen LogP contribution in [0.25, 0.3) is 0 Å². The van der Waals surface area contributed by atoms with Crippen LogP contribution in [-0.2, 0) is 16.1 Å². The summed E-state index contributed by atoms with van der Waals surface area (Å²) in [7, 11) is 2.68. The highest BCUT2D eigenvalue weighted by atomic mass is 19.4. The molecule has 1 aliphatic heterocycles. The van der Waals surface area contributed by atoms with Crippen molar-refractivity contribution in [3.8, 4) is 11.5 Å². The summed E-state index contributed by atoms with van der Waals surface area (Å²) in [6.45, 7) is 3.15. The number of halogens is 3. The molecule has 8 nitrogen and oxygen atoms in total. The molecule has 0 fully saturated rings. The number of Topliss-reactive ketones (excluding diaryl/α,β-unsaturated/α-hetero) is 1. The summed E-state index contributed by atoms with van der Waals surface area (Å²) in [4.78, 5) is 40.9. The summed E-state index contributed by atoms with van der Waals surface area (Å²) in [5, 5.41) is 1.89. The van der Waals surface area contributed by atoms with Crippen LogP contribution in [0.4, 0.5) is 13.2 Å². The fourth-order valence-electron chi connectivity index (χ4n) is 4.77. The maximum atomic E-state index is 14.9. The molecule has 2 amide bonds. The molecule has 2 heterocycles. The van der Waals surface area contributed by atoms with Crippen molar-refractivity contribution >= 4 is 17.6 Å². The van der Waals surface area contributed by atoms with Crippen molar-refractivity contribution in [1.29, 1.82) is 0 Å². The van der Waals surface area contributed by atoms with E-state index in [-0.39, 0.29) is 47.9 Å². The van der Waals surface area contributed by atoms with E-state index >= 15 is 0 Å². The van der Waals surface area contributed by atoms with E-state index in [2.05, 4.69) is 0 Å². The van der Waals surface area contributed by atoms with Gasteiger partial charge in [0.2, 0.25) is 5.54 Å². The van der Waals surface area contributed by atoms with E-state index in [4.69, 9.17) is 13.9 Å². The molecule has 0 unspecified atom stereocenters. The number of rotatable bonds is 6. The molecule has 1 aliphatic carbocycles. The minimum atomic E-state index is -5.31. The summed E-state index contributed by atoms with van der Waals surface area (Å²) in [6, 6.07) is 6.84. The smallest absolute Gasteiger partial charge is 0.425 e. The van der Waals surface area contributed by atoms with Crippen LogP contribution in [0.1, 0.15) is 42.8 Å².